The molecule has 0 heterocycles. The average Bonchev–Trinajstić information content (AvgIpc) is 2.62. The molecule has 3 rings (SSSR count). The number of carbonyl (C=O) groups is 1. The molecule has 0 bridgehead atoms. The highest BCUT2D eigenvalue weighted by molar-refractivity contribution is 6.33. The van der Waals surface area contributed by atoms with Gasteiger partial charge in [-0.25, -0.2) is 0 Å². The van der Waals surface area contributed by atoms with Gasteiger partial charge in [-0.2, -0.15) is 0 Å². The van der Waals surface area contributed by atoms with Gasteiger partial charge in [0.15, 0.2) is 0 Å². The zero-order valence-electron chi connectivity index (χ0n) is 14.8. The molecule has 0 aromatic heterocycles. The van der Waals surface area contributed by atoms with Crippen molar-refractivity contribution >= 4 is 17.6 Å². The smallest absolute Gasteiger partial charge is 0.307 e. The van der Waals surface area contributed by atoms with Crippen molar-refractivity contribution in [1.82, 2.24) is 0 Å². The van der Waals surface area contributed by atoms with E-state index in [1.54, 1.807) is 30.3 Å². The molecule has 0 radical (unpaired) electrons. The van der Waals surface area contributed by atoms with Crippen LogP contribution in [-0.4, -0.2) is 17.7 Å². The van der Waals surface area contributed by atoms with Crippen molar-refractivity contribution in [3.05, 3.63) is 77.3 Å². The molecule has 0 unspecified atom stereocenters. The van der Waals surface area contributed by atoms with Crippen molar-refractivity contribution in [2.24, 2.45) is 0 Å². The zero-order valence-corrected chi connectivity index (χ0v) is 15.6. The van der Waals surface area contributed by atoms with Gasteiger partial charge in [-0.15, -0.1) is 0 Å². The van der Waals surface area contributed by atoms with Crippen molar-refractivity contribution in [3.8, 4) is 28.4 Å². The van der Waals surface area contributed by atoms with Crippen LogP contribution in [0.1, 0.15) is 12.5 Å². The number of carboxylic acid groups (broad SMARTS) is 1. The van der Waals surface area contributed by atoms with Gasteiger partial charge in [-0.05, 0) is 60.5 Å². The van der Waals surface area contributed by atoms with E-state index in [0.717, 1.165) is 16.9 Å². The summed E-state index contributed by atoms with van der Waals surface area (Å²) < 4.78 is 11.4. The first-order valence-electron chi connectivity index (χ1n) is 8.56. The van der Waals surface area contributed by atoms with Gasteiger partial charge in [0.2, 0.25) is 0 Å². The molecule has 3 aromatic rings. The van der Waals surface area contributed by atoms with E-state index in [1.807, 2.05) is 43.3 Å². The first-order valence-corrected chi connectivity index (χ1v) is 8.94. The summed E-state index contributed by atoms with van der Waals surface area (Å²) in [5, 5.41) is 9.53. The monoisotopic (exact) mass is 382 g/mol. The van der Waals surface area contributed by atoms with Gasteiger partial charge in [0, 0.05) is 5.56 Å². The van der Waals surface area contributed by atoms with E-state index < -0.39 is 5.97 Å². The third kappa shape index (κ3) is 5.02. The minimum Gasteiger partial charge on any atom is -0.494 e. The highest BCUT2D eigenvalue weighted by atomic mass is 35.5. The summed E-state index contributed by atoms with van der Waals surface area (Å²) >= 11 is 6.40. The second-order valence-electron chi connectivity index (χ2n) is 5.92. The predicted octanol–water partition coefficient (Wildman–Crippen LogP) is 5.83. The fourth-order valence-electron chi connectivity index (χ4n) is 2.74. The Kier molecular flexibility index (Phi) is 5.99. The number of benzene rings is 3. The first kappa shape index (κ1) is 18.8. The van der Waals surface area contributed by atoms with Crippen molar-refractivity contribution in [2.75, 3.05) is 6.61 Å². The Morgan fingerprint density at radius 1 is 0.963 bits per heavy atom. The van der Waals surface area contributed by atoms with Crippen LogP contribution in [0.15, 0.2) is 66.7 Å². The van der Waals surface area contributed by atoms with Crippen molar-refractivity contribution in [1.29, 1.82) is 0 Å². The fourth-order valence-corrected chi connectivity index (χ4v) is 3.02. The molecular weight excluding hydrogens is 364 g/mol. The SMILES string of the molecule is CCOc1ccc(-c2cccc(Oc3cccc(CC(=O)O)c3)c2)c(Cl)c1. The molecule has 0 aliphatic rings. The van der Waals surface area contributed by atoms with Gasteiger partial charge in [-0.3, -0.25) is 4.79 Å². The quantitative estimate of drug-likeness (QED) is 0.559. The summed E-state index contributed by atoms with van der Waals surface area (Å²) in [7, 11) is 0. The lowest BCUT2D eigenvalue weighted by Gasteiger charge is -2.11. The summed E-state index contributed by atoms with van der Waals surface area (Å²) in [6.45, 7) is 2.51. The molecule has 0 saturated carbocycles. The lowest BCUT2D eigenvalue weighted by Crippen LogP contribution is -1.99. The molecule has 138 valence electrons. The molecule has 5 heteroatoms. The normalized spacial score (nSPS) is 10.4. The Bertz CT molecular complexity index is 953. The van der Waals surface area contributed by atoms with Crippen LogP contribution in [0.5, 0.6) is 17.2 Å². The van der Waals surface area contributed by atoms with Crippen LogP contribution in [0, 0.1) is 0 Å². The summed E-state index contributed by atoms with van der Waals surface area (Å²) in [5.74, 6) is 1.09. The maximum absolute atomic E-state index is 10.9. The molecule has 0 fully saturated rings. The lowest BCUT2D eigenvalue weighted by molar-refractivity contribution is -0.136. The maximum Gasteiger partial charge on any atom is 0.307 e. The average molecular weight is 383 g/mol. The van der Waals surface area contributed by atoms with Crippen molar-refractivity contribution in [2.45, 2.75) is 13.3 Å². The Morgan fingerprint density at radius 3 is 2.41 bits per heavy atom. The number of hydrogen-bond acceptors (Lipinski definition) is 3. The molecule has 0 aliphatic carbocycles. The molecule has 0 amide bonds. The minimum absolute atomic E-state index is 0.0426. The Morgan fingerprint density at radius 2 is 1.70 bits per heavy atom. The number of hydrogen-bond donors (Lipinski definition) is 1. The molecule has 0 spiro atoms. The molecule has 4 nitrogen and oxygen atoms in total. The maximum atomic E-state index is 10.9. The Hall–Kier alpha value is -2.98. The van der Waals surface area contributed by atoms with Crippen molar-refractivity contribution < 1.29 is 19.4 Å². The molecule has 0 saturated heterocycles. The van der Waals surface area contributed by atoms with Crippen LogP contribution < -0.4 is 9.47 Å². The fraction of sp³-hybridized carbons (Fsp3) is 0.136. The Labute approximate surface area is 162 Å². The molecule has 0 atom stereocenters. The second kappa shape index (κ2) is 8.60. The zero-order chi connectivity index (χ0) is 19.2. The van der Waals surface area contributed by atoms with Gasteiger partial charge in [-0.1, -0.05) is 35.9 Å². The third-order valence-electron chi connectivity index (χ3n) is 3.89. The highest BCUT2D eigenvalue weighted by Gasteiger charge is 2.08. The highest BCUT2D eigenvalue weighted by Crippen LogP contribution is 2.34. The van der Waals surface area contributed by atoms with Gasteiger partial charge < -0.3 is 14.6 Å². The Balaban J connectivity index is 1.83. The second-order valence-corrected chi connectivity index (χ2v) is 6.33. The number of carboxylic acids is 1. The first-order chi connectivity index (χ1) is 13.0. The number of rotatable bonds is 7. The van der Waals surface area contributed by atoms with Gasteiger partial charge in [0.1, 0.15) is 17.2 Å². The van der Waals surface area contributed by atoms with Gasteiger partial charge >= 0.3 is 5.97 Å². The lowest BCUT2D eigenvalue weighted by atomic mass is 10.1. The van der Waals surface area contributed by atoms with Crippen LogP contribution in [0.2, 0.25) is 5.02 Å². The van der Waals surface area contributed by atoms with Crippen LogP contribution in [-0.2, 0) is 11.2 Å². The molecule has 0 aliphatic heterocycles. The van der Waals surface area contributed by atoms with Crippen LogP contribution in [0.25, 0.3) is 11.1 Å². The molecule has 1 N–H and O–H groups in total. The number of aliphatic carboxylic acids is 1. The summed E-state index contributed by atoms with van der Waals surface area (Å²) in [6, 6.07) is 20.2. The van der Waals surface area contributed by atoms with E-state index in [4.69, 9.17) is 26.2 Å². The number of ether oxygens (including phenoxy) is 2. The van der Waals surface area contributed by atoms with E-state index >= 15 is 0 Å². The molecule has 27 heavy (non-hydrogen) atoms. The summed E-state index contributed by atoms with van der Waals surface area (Å²) in [6.07, 6.45) is -0.0426. The largest absolute Gasteiger partial charge is 0.494 e. The van der Waals surface area contributed by atoms with Gasteiger partial charge in [0.25, 0.3) is 0 Å². The third-order valence-corrected chi connectivity index (χ3v) is 4.20. The van der Waals surface area contributed by atoms with Crippen LogP contribution >= 0.6 is 11.6 Å². The summed E-state index contributed by atoms with van der Waals surface area (Å²) in [5.41, 5.74) is 2.48. The van der Waals surface area contributed by atoms with Crippen LogP contribution in [0.4, 0.5) is 0 Å². The van der Waals surface area contributed by atoms with Crippen LogP contribution in [0.3, 0.4) is 0 Å². The topological polar surface area (TPSA) is 55.8 Å². The molecular formula is C22H19ClO4. The summed E-state index contributed by atoms with van der Waals surface area (Å²) in [4.78, 5) is 10.9. The standard InChI is InChI=1S/C22H19ClO4/c1-2-26-17-9-10-20(21(23)14-17)16-6-4-8-19(13-16)27-18-7-3-5-15(11-18)12-22(24)25/h3-11,13-14H,2,12H2,1H3,(H,24,25). The van der Waals surface area contributed by atoms with E-state index in [-0.39, 0.29) is 6.42 Å². The van der Waals surface area contributed by atoms with Crippen molar-refractivity contribution in [3.63, 3.8) is 0 Å². The minimum atomic E-state index is -0.876. The van der Waals surface area contributed by atoms with E-state index in [1.165, 1.54) is 0 Å². The number of halogens is 1. The predicted molar refractivity (Wildman–Crippen MR) is 106 cm³/mol. The molecule has 3 aromatic carbocycles. The van der Waals surface area contributed by atoms with E-state index in [0.29, 0.717) is 28.7 Å². The van der Waals surface area contributed by atoms with E-state index in [2.05, 4.69) is 0 Å². The van der Waals surface area contributed by atoms with E-state index in [9.17, 15) is 4.79 Å². The van der Waals surface area contributed by atoms with Gasteiger partial charge in [0.05, 0.1) is 18.1 Å².